The van der Waals surface area contributed by atoms with Gasteiger partial charge in [-0.05, 0) is 29.7 Å². The number of hydrogen-bond acceptors (Lipinski definition) is 4. The second-order valence-corrected chi connectivity index (χ2v) is 6.81. The molecular weight excluding hydrogens is 314 g/mol. The van der Waals surface area contributed by atoms with Gasteiger partial charge in [-0.15, -0.1) is 0 Å². The summed E-state index contributed by atoms with van der Waals surface area (Å²) in [6.45, 7) is 2.14. The van der Waals surface area contributed by atoms with E-state index in [0.717, 1.165) is 12.0 Å². The number of hydrogen-bond donors (Lipinski definition) is 2. The highest BCUT2D eigenvalue weighted by molar-refractivity contribution is 7.89. The molecule has 124 valence electrons. The van der Waals surface area contributed by atoms with Gasteiger partial charge in [0, 0.05) is 12.0 Å². The molecule has 2 aromatic rings. The highest BCUT2D eigenvalue weighted by atomic mass is 32.2. The smallest absolute Gasteiger partial charge is 0.238 e. The molecule has 0 bridgehead atoms. The Bertz CT molecular complexity index is 758. The number of primary sulfonamides is 1. The molecule has 0 aromatic heterocycles. The van der Waals surface area contributed by atoms with Gasteiger partial charge in [0.25, 0.3) is 0 Å². The zero-order valence-corrected chi connectivity index (χ0v) is 13.8. The number of benzene rings is 2. The van der Waals surface area contributed by atoms with Crippen LogP contribution in [0.1, 0.15) is 30.0 Å². The summed E-state index contributed by atoms with van der Waals surface area (Å²) in [5.41, 5.74) is 1.93. The average molecular weight is 335 g/mol. The molecule has 0 heterocycles. The molecule has 23 heavy (non-hydrogen) atoms. The van der Waals surface area contributed by atoms with E-state index >= 15 is 0 Å². The third-order valence-electron chi connectivity index (χ3n) is 3.40. The first-order chi connectivity index (χ1) is 11.0. The molecule has 0 aliphatic heterocycles. The average Bonchev–Trinajstić information content (AvgIpc) is 2.53. The maximum atomic E-state index is 12.0. The van der Waals surface area contributed by atoms with Crippen LogP contribution < -0.4 is 9.88 Å². The lowest BCUT2D eigenvalue weighted by Crippen LogP contribution is -2.16. The van der Waals surface area contributed by atoms with E-state index in [4.69, 9.17) is 9.88 Å². The number of aliphatic hydroxyl groups excluding tert-OH is 1. The largest absolute Gasteiger partial charge is 0.493 e. The van der Waals surface area contributed by atoms with E-state index in [0.29, 0.717) is 29.9 Å². The van der Waals surface area contributed by atoms with E-state index in [9.17, 15) is 13.5 Å². The molecule has 0 saturated heterocycles. The second kappa shape index (κ2) is 7.59. The van der Waals surface area contributed by atoms with Crippen LogP contribution in [0.5, 0.6) is 5.75 Å². The lowest BCUT2D eigenvalue weighted by molar-refractivity contribution is 0.278. The highest BCUT2D eigenvalue weighted by Crippen LogP contribution is 2.30. The molecule has 5 nitrogen and oxygen atoms in total. The van der Waals surface area contributed by atoms with Crippen molar-refractivity contribution in [3.05, 3.63) is 59.2 Å². The summed E-state index contributed by atoms with van der Waals surface area (Å²) in [4.78, 5) is -0.000920. The van der Waals surface area contributed by atoms with Gasteiger partial charge in [0.15, 0.2) is 0 Å². The molecule has 0 aliphatic rings. The molecule has 0 saturated carbocycles. The molecule has 2 rings (SSSR count). The topological polar surface area (TPSA) is 89.6 Å². The van der Waals surface area contributed by atoms with Crippen molar-refractivity contribution >= 4 is 10.0 Å². The summed E-state index contributed by atoms with van der Waals surface area (Å²) in [6, 6.07) is 12.6. The molecule has 6 heteroatoms. The molecular formula is C17H21NO4S. The molecule has 2 aromatic carbocycles. The van der Waals surface area contributed by atoms with Gasteiger partial charge in [0.1, 0.15) is 5.75 Å². The Kier molecular flexibility index (Phi) is 5.76. The Balaban J connectivity index is 2.58. The minimum absolute atomic E-state index is 0.000920. The van der Waals surface area contributed by atoms with Crippen molar-refractivity contribution in [1.29, 1.82) is 0 Å². The monoisotopic (exact) mass is 335 g/mol. The molecule has 0 fully saturated rings. The SMILES string of the molecule is CCCOc1cc(CO)cc(S(N)(=O)=O)c1Cc1ccccc1. The first-order valence-electron chi connectivity index (χ1n) is 7.42. The van der Waals surface area contributed by atoms with Crippen molar-refractivity contribution in [1.82, 2.24) is 0 Å². The fourth-order valence-electron chi connectivity index (χ4n) is 2.33. The van der Waals surface area contributed by atoms with Crippen LogP contribution in [-0.2, 0) is 23.1 Å². The van der Waals surface area contributed by atoms with Gasteiger partial charge in [-0.2, -0.15) is 0 Å². The Morgan fingerprint density at radius 3 is 2.39 bits per heavy atom. The van der Waals surface area contributed by atoms with Gasteiger partial charge in [0.2, 0.25) is 10.0 Å². The van der Waals surface area contributed by atoms with E-state index in [1.807, 2.05) is 37.3 Å². The quantitative estimate of drug-likeness (QED) is 0.812. The van der Waals surface area contributed by atoms with E-state index in [1.54, 1.807) is 6.07 Å². The number of rotatable bonds is 7. The van der Waals surface area contributed by atoms with Gasteiger partial charge in [-0.3, -0.25) is 0 Å². The third kappa shape index (κ3) is 4.54. The first-order valence-corrected chi connectivity index (χ1v) is 8.96. The van der Waals surface area contributed by atoms with Crippen molar-refractivity contribution in [3.8, 4) is 5.75 Å². The van der Waals surface area contributed by atoms with Crippen LogP contribution >= 0.6 is 0 Å². The van der Waals surface area contributed by atoms with E-state index in [-0.39, 0.29) is 11.5 Å². The third-order valence-corrected chi connectivity index (χ3v) is 4.38. The van der Waals surface area contributed by atoms with Gasteiger partial charge < -0.3 is 9.84 Å². The summed E-state index contributed by atoms with van der Waals surface area (Å²) in [5, 5.41) is 14.7. The molecule has 0 radical (unpaired) electrons. The van der Waals surface area contributed by atoms with Crippen LogP contribution in [0.4, 0.5) is 0 Å². The highest BCUT2D eigenvalue weighted by Gasteiger charge is 2.20. The van der Waals surface area contributed by atoms with E-state index in [2.05, 4.69) is 0 Å². The Morgan fingerprint density at radius 1 is 1.13 bits per heavy atom. The van der Waals surface area contributed by atoms with Crippen LogP contribution in [0, 0.1) is 0 Å². The summed E-state index contributed by atoms with van der Waals surface area (Å²) in [5.74, 6) is 0.450. The zero-order chi connectivity index (χ0) is 16.9. The summed E-state index contributed by atoms with van der Waals surface area (Å²) in [6.07, 6.45) is 1.18. The predicted octanol–water partition coefficient (Wildman–Crippen LogP) is 2.21. The standard InChI is InChI=1S/C17H21NO4S/c1-2-8-22-16-10-14(12-19)11-17(23(18,20)21)15(16)9-13-6-4-3-5-7-13/h3-7,10-11,19H,2,8-9,12H2,1H3,(H2,18,20,21). The number of nitrogens with two attached hydrogens (primary N) is 1. The van der Waals surface area contributed by atoms with Gasteiger partial charge in [-0.1, -0.05) is 37.3 Å². The molecule has 0 unspecified atom stereocenters. The zero-order valence-electron chi connectivity index (χ0n) is 13.0. The predicted molar refractivity (Wildman–Crippen MR) is 88.8 cm³/mol. The fraction of sp³-hybridized carbons (Fsp3) is 0.294. The maximum Gasteiger partial charge on any atom is 0.238 e. The first kappa shape index (κ1) is 17.5. The van der Waals surface area contributed by atoms with Crippen molar-refractivity contribution < 1.29 is 18.3 Å². The van der Waals surface area contributed by atoms with Crippen LogP contribution in [0.25, 0.3) is 0 Å². The fourth-order valence-corrected chi connectivity index (χ4v) is 3.17. The van der Waals surface area contributed by atoms with Crippen LogP contribution in [0.15, 0.2) is 47.4 Å². The summed E-state index contributed by atoms with van der Waals surface area (Å²) >= 11 is 0. The van der Waals surface area contributed by atoms with Crippen LogP contribution in [0.2, 0.25) is 0 Å². The molecule has 0 atom stereocenters. The minimum atomic E-state index is -3.92. The Labute approximate surface area is 136 Å². The minimum Gasteiger partial charge on any atom is -0.493 e. The Morgan fingerprint density at radius 2 is 1.83 bits per heavy atom. The lowest BCUT2D eigenvalue weighted by atomic mass is 10.0. The summed E-state index contributed by atoms with van der Waals surface area (Å²) in [7, 11) is -3.92. The van der Waals surface area contributed by atoms with Crippen molar-refractivity contribution in [2.45, 2.75) is 31.3 Å². The molecule has 3 N–H and O–H groups in total. The maximum absolute atomic E-state index is 12.0. The lowest BCUT2D eigenvalue weighted by Gasteiger charge is -2.16. The summed E-state index contributed by atoms with van der Waals surface area (Å²) < 4.78 is 29.7. The van der Waals surface area contributed by atoms with Crippen LogP contribution in [-0.4, -0.2) is 20.1 Å². The van der Waals surface area contributed by atoms with E-state index in [1.165, 1.54) is 6.07 Å². The number of aliphatic hydroxyl groups is 1. The number of ether oxygens (including phenoxy) is 1. The normalized spacial score (nSPS) is 11.4. The van der Waals surface area contributed by atoms with Gasteiger partial charge in [0.05, 0.1) is 18.1 Å². The molecule has 0 amide bonds. The second-order valence-electron chi connectivity index (χ2n) is 5.28. The molecule has 0 aliphatic carbocycles. The van der Waals surface area contributed by atoms with Crippen molar-refractivity contribution in [2.24, 2.45) is 5.14 Å². The van der Waals surface area contributed by atoms with Gasteiger partial charge in [-0.25, -0.2) is 13.6 Å². The van der Waals surface area contributed by atoms with Crippen molar-refractivity contribution in [3.63, 3.8) is 0 Å². The number of sulfonamides is 1. The van der Waals surface area contributed by atoms with Crippen molar-refractivity contribution in [2.75, 3.05) is 6.61 Å². The van der Waals surface area contributed by atoms with Gasteiger partial charge >= 0.3 is 0 Å². The molecule has 0 spiro atoms. The Hall–Kier alpha value is -1.89. The van der Waals surface area contributed by atoms with E-state index < -0.39 is 10.0 Å². The van der Waals surface area contributed by atoms with Crippen LogP contribution in [0.3, 0.4) is 0 Å².